The monoisotopic (exact) mass is 530 g/mol. The van der Waals surface area contributed by atoms with Gasteiger partial charge in [-0.1, -0.05) is 120 Å². The zero-order valence-electron chi connectivity index (χ0n) is 23.5. The van der Waals surface area contributed by atoms with Gasteiger partial charge in [-0.2, -0.15) is 0 Å². The van der Waals surface area contributed by atoms with Crippen LogP contribution < -0.4 is 0 Å². The van der Waals surface area contributed by atoms with Gasteiger partial charge in [-0.15, -0.1) is 0 Å². The third kappa shape index (κ3) is 6.82. The number of hydrogen-bond donors (Lipinski definition) is 0. The number of carbonyl (C=O) groups is 2. The number of rotatable bonds is 10. The van der Waals surface area contributed by atoms with Gasteiger partial charge in [0, 0.05) is 62.2 Å². The van der Waals surface area contributed by atoms with Crippen LogP contribution in [-0.4, -0.2) is 47.5 Å². The van der Waals surface area contributed by atoms with Crippen LogP contribution in [0.4, 0.5) is 0 Å². The molecule has 4 aromatic rings. The number of Topliss-reactive ketones (excluding diaryl/α,β-unsaturated/α-hetero) is 2. The zero-order valence-corrected chi connectivity index (χ0v) is 23.5. The summed E-state index contributed by atoms with van der Waals surface area (Å²) < 4.78 is 0. The predicted molar refractivity (Wildman–Crippen MR) is 162 cm³/mol. The molecule has 204 valence electrons. The van der Waals surface area contributed by atoms with Crippen molar-refractivity contribution < 1.29 is 9.59 Å². The molecule has 5 rings (SSSR count). The summed E-state index contributed by atoms with van der Waals surface area (Å²) in [6, 6.07) is 36.6. The first-order valence-electron chi connectivity index (χ1n) is 14.3. The fourth-order valence-corrected chi connectivity index (χ4v) is 5.69. The maximum absolute atomic E-state index is 13.3. The Labute approximate surface area is 238 Å². The van der Waals surface area contributed by atoms with Gasteiger partial charge in [0.05, 0.1) is 0 Å². The van der Waals surface area contributed by atoms with Crippen LogP contribution in [0.3, 0.4) is 0 Å². The van der Waals surface area contributed by atoms with E-state index in [1.165, 1.54) is 11.1 Å². The Morgan fingerprint density at radius 1 is 0.525 bits per heavy atom. The van der Waals surface area contributed by atoms with Gasteiger partial charge in [-0.3, -0.25) is 19.4 Å². The molecule has 1 aliphatic rings. The molecule has 4 aromatic carbocycles. The lowest BCUT2D eigenvalue weighted by Gasteiger charge is -2.42. The van der Waals surface area contributed by atoms with Crippen molar-refractivity contribution in [3.63, 3.8) is 0 Å². The second-order valence-corrected chi connectivity index (χ2v) is 10.9. The molecule has 1 fully saturated rings. The van der Waals surface area contributed by atoms with Gasteiger partial charge in [0.15, 0.2) is 11.6 Å². The van der Waals surface area contributed by atoms with Crippen molar-refractivity contribution in [3.05, 3.63) is 143 Å². The molecule has 1 saturated heterocycles. The Kier molecular flexibility index (Phi) is 9.00. The fraction of sp³-hybridized carbons (Fsp3) is 0.278. The second-order valence-electron chi connectivity index (χ2n) is 10.9. The summed E-state index contributed by atoms with van der Waals surface area (Å²) in [4.78, 5) is 31.6. The lowest BCUT2D eigenvalue weighted by molar-refractivity contribution is 0.0557. The summed E-state index contributed by atoms with van der Waals surface area (Å²) in [7, 11) is 0. The highest BCUT2D eigenvalue weighted by molar-refractivity contribution is 5.97. The molecule has 4 nitrogen and oxygen atoms in total. The van der Waals surface area contributed by atoms with Gasteiger partial charge in [-0.25, -0.2) is 0 Å². The van der Waals surface area contributed by atoms with Crippen molar-refractivity contribution in [1.82, 2.24) is 9.80 Å². The average Bonchev–Trinajstić information content (AvgIpc) is 3.00. The lowest BCUT2D eigenvalue weighted by Crippen LogP contribution is -2.49. The first-order valence-corrected chi connectivity index (χ1v) is 14.3. The molecule has 0 radical (unpaired) electrons. The molecule has 0 bridgehead atoms. The summed E-state index contributed by atoms with van der Waals surface area (Å²) in [5.74, 6) is 0.337. The minimum Gasteiger partial charge on any atom is -0.294 e. The largest absolute Gasteiger partial charge is 0.294 e. The number of benzene rings is 4. The summed E-state index contributed by atoms with van der Waals surface area (Å²) in [6.45, 7) is 7.42. The summed E-state index contributed by atoms with van der Waals surface area (Å²) >= 11 is 0. The minimum atomic E-state index is 0.0153. The molecule has 2 atom stereocenters. The minimum absolute atomic E-state index is 0.0153. The van der Waals surface area contributed by atoms with Crippen molar-refractivity contribution in [2.45, 2.75) is 38.8 Å². The summed E-state index contributed by atoms with van der Waals surface area (Å²) in [5.41, 5.74) is 6.19. The van der Waals surface area contributed by atoms with Gasteiger partial charge in [0.1, 0.15) is 0 Å². The average molecular weight is 531 g/mol. The normalized spacial score (nSPS) is 15.8. The van der Waals surface area contributed by atoms with Crippen molar-refractivity contribution >= 4 is 11.6 Å². The summed E-state index contributed by atoms with van der Waals surface area (Å²) in [6.07, 6.45) is 0.891. The van der Waals surface area contributed by atoms with Gasteiger partial charge in [0.2, 0.25) is 0 Å². The van der Waals surface area contributed by atoms with Crippen molar-refractivity contribution in [1.29, 1.82) is 0 Å². The smallest absolute Gasteiger partial charge is 0.164 e. The van der Waals surface area contributed by atoms with E-state index in [-0.39, 0.29) is 23.7 Å². The maximum atomic E-state index is 13.3. The summed E-state index contributed by atoms with van der Waals surface area (Å²) in [5, 5.41) is 0. The van der Waals surface area contributed by atoms with Crippen molar-refractivity contribution in [3.8, 4) is 0 Å². The number of carbonyl (C=O) groups excluding carboxylic acids is 2. The first kappa shape index (κ1) is 27.7. The standard InChI is InChI=1S/C36H38N2O2/c1-27-13-17-31(18-14-27)35(39)25-33(29-9-5-3-6-10-29)37-21-23-38(24-22-37)34(30-11-7-4-8-12-30)26-36(40)32-19-15-28(2)16-20-32/h3-20,33-34H,21-26H2,1-2H3/t33-,34-/m1/s1. The quantitative estimate of drug-likeness (QED) is 0.203. The van der Waals surface area contributed by atoms with Crippen molar-refractivity contribution in [2.75, 3.05) is 26.2 Å². The Morgan fingerprint density at radius 2 is 0.850 bits per heavy atom. The van der Waals surface area contributed by atoms with E-state index in [2.05, 4.69) is 58.3 Å². The van der Waals surface area contributed by atoms with Crippen LogP contribution >= 0.6 is 0 Å². The van der Waals surface area contributed by atoms with E-state index < -0.39 is 0 Å². The molecular formula is C36H38N2O2. The molecule has 4 heteroatoms. The number of aryl methyl sites for hydroxylation is 2. The maximum Gasteiger partial charge on any atom is 0.164 e. The molecule has 0 spiro atoms. The Hall–Kier alpha value is -3.86. The molecule has 1 heterocycles. The van der Waals surface area contributed by atoms with Crippen molar-refractivity contribution in [2.24, 2.45) is 0 Å². The van der Waals surface area contributed by atoms with Crippen LogP contribution in [0.1, 0.15) is 67.9 Å². The van der Waals surface area contributed by atoms with Gasteiger partial charge in [-0.05, 0) is 25.0 Å². The highest BCUT2D eigenvalue weighted by Crippen LogP contribution is 2.31. The highest BCUT2D eigenvalue weighted by Gasteiger charge is 2.31. The predicted octanol–water partition coefficient (Wildman–Crippen LogP) is 7.25. The van der Waals surface area contributed by atoms with E-state index in [0.29, 0.717) is 12.8 Å². The van der Waals surface area contributed by atoms with E-state index in [1.54, 1.807) is 0 Å². The fourth-order valence-electron chi connectivity index (χ4n) is 5.69. The zero-order chi connectivity index (χ0) is 27.9. The second kappa shape index (κ2) is 13.0. The molecule has 0 aromatic heterocycles. The van der Waals surface area contributed by atoms with Gasteiger partial charge >= 0.3 is 0 Å². The number of ketones is 2. The van der Waals surface area contributed by atoms with Crippen LogP contribution in [0.25, 0.3) is 0 Å². The Bertz CT molecular complexity index is 1280. The van der Waals surface area contributed by atoms with Crippen LogP contribution in [0, 0.1) is 13.8 Å². The van der Waals surface area contributed by atoms with Gasteiger partial charge < -0.3 is 0 Å². The number of hydrogen-bond acceptors (Lipinski definition) is 4. The van der Waals surface area contributed by atoms with Crippen LogP contribution in [-0.2, 0) is 0 Å². The molecule has 0 amide bonds. The molecular weight excluding hydrogens is 492 g/mol. The Balaban J connectivity index is 1.32. The van der Waals surface area contributed by atoms with E-state index >= 15 is 0 Å². The van der Waals surface area contributed by atoms with E-state index in [4.69, 9.17) is 0 Å². The first-order chi connectivity index (χ1) is 19.5. The van der Waals surface area contributed by atoms with Crippen LogP contribution in [0.2, 0.25) is 0 Å². The van der Waals surface area contributed by atoms with Crippen LogP contribution in [0.5, 0.6) is 0 Å². The van der Waals surface area contributed by atoms with Gasteiger partial charge in [0.25, 0.3) is 0 Å². The molecule has 0 saturated carbocycles. The van der Waals surface area contributed by atoms with E-state index in [1.807, 2.05) is 74.5 Å². The van der Waals surface area contributed by atoms with E-state index in [9.17, 15) is 9.59 Å². The Morgan fingerprint density at radius 3 is 1.18 bits per heavy atom. The molecule has 0 N–H and O–H groups in total. The van der Waals surface area contributed by atoms with Crippen LogP contribution in [0.15, 0.2) is 109 Å². The third-order valence-electron chi connectivity index (χ3n) is 8.10. The van der Waals surface area contributed by atoms with E-state index in [0.717, 1.165) is 48.4 Å². The highest BCUT2D eigenvalue weighted by atomic mass is 16.1. The molecule has 40 heavy (non-hydrogen) atoms. The molecule has 0 aliphatic carbocycles. The third-order valence-corrected chi connectivity index (χ3v) is 8.10. The molecule has 1 aliphatic heterocycles. The number of piperazine rings is 1. The number of nitrogens with zero attached hydrogens (tertiary/aromatic N) is 2. The lowest BCUT2D eigenvalue weighted by atomic mass is 9.94. The topological polar surface area (TPSA) is 40.6 Å². The SMILES string of the molecule is Cc1ccc(C(=O)C[C@H](c2ccccc2)N2CCN([C@H](CC(=O)c3ccc(C)cc3)c3ccccc3)CC2)cc1. The molecule has 0 unspecified atom stereocenters.